The molecule has 0 saturated carbocycles. The number of oxazole rings is 1. The number of benzene rings is 1. The summed E-state index contributed by atoms with van der Waals surface area (Å²) < 4.78 is 11.0. The minimum absolute atomic E-state index is 0.343. The van der Waals surface area contributed by atoms with Crippen molar-refractivity contribution >= 4 is 11.7 Å². The van der Waals surface area contributed by atoms with Gasteiger partial charge in [-0.2, -0.15) is 0 Å². The summed E-state index contributed by atoms with van der Waals surface area (Å²) in [5.41, 5.74) is 2.13. The lowest BCUT2D eigenvalue weighted by atomic mass is 10.2. The molecule has 88 valence electrons. The van der Waals surface area contributed by atoms with Crippen LogP contribution in [0.4, 0.5) is 11.7 Å². The summed E-state index contributed by atoms with van der Waals surface area (Å²) in [6, 6.07) is 6.47. The molecule has 1 unspecified atom stereocenters. The van der Waals surface area contributed by atoms with Crippen molar-refractivity contribution in [2.45, 2.75) is 20.2 Å². The second kappa shape index (κ2) is 3.69. The monoisotopic (exact) mass is 231 g/mol. The molecule has 0 saturated heterocycles. The molecule has 3 rings (SSSR count). The van der Waals surface area contributed by atoms with Gasteiger partial charge in [-0.05, 0) is 31.5 Å². The maximum Gasteiger partial charge on any atom is 0.299 e. The Kier molecular flexibility index (Phi) is 2.18. The molecule has 0 fully saturated rings. The number of anilines is 2. The van der Waals surface area contributed by atoms with Gasteiger partial charge >= 0.3 is 0 Å². The highest BCUT2D eigenvalue weighted by molar-refractivity contribution is 5.61. The largest absolute Gasteiger partial charge is 0.450 e. The molecule has 5 heteroatoms. The van der Waals surface area contributed by atoms with E-state index in [1.807, 2.05) is 32.0 Å². The molecule has 1 aromatic heterocycles. The van der Waals surface area contributed by atoms with Gasteiger partial charge in [0.1, 0.15) is 11.5 Å². The molecule has 0 spiro atoms. The topological polar surface area (TPSA) is 59.3 Å². The molecule has 2 N–H and O–H groups in total. The van der Waals surface area contributed by atoms with Gasteiger partial charge < -0.3 is 14.5 Å². The quantitative estimate of drug-likeness (QED) is 0.831. The molecule has 1 atom stereocenters. The zero-order chi connectivity index (χ0) is 11.8. The molecule has 2 aromatic rings. The predicted octanol–water partition coefficient (Wildman–Crippen LogP) is 2.49. The molecule has 17 heavy (non-hydrogen) atoms. The molecule has 5 nitrogen and oxygen atoms in total. The van der Waals surface area contributed by atoms with E-state index in [1.165, 1.54) is 0 Å². The lowest BCUT2D eigenvalue weighted by Crippen LogP contribution is -2.29. The third kappa shape index (κ3) is 1.91. The van der Waals surface area contributed by atoms with Crippen molar-refractivity contribution in [2.24, 2.45) is 0 Å². The van der Waals surface area contributed by atoms with Gasteiger partial charge in [-0.25, -0.2) is 4.98 Å². The Bertz CT molecular complexity index is 548. The van der Waals surface area contributed by atoms with E-state index in [-0.39, 0.29) is 6.35 Å². The van der Waals surface area contributed by atoms with Crippen molar-refractivity contribution in [3.05, 3.63) is 35.7 Å². The van der Waals surface area contributed by atoms with Gasteiger partial charge in [0.2, 0.25) is 0 Å². The number of hydrogen-bond donors (Lipinski definition) is 2. The third-order valence-electron chi connectivity index (χ3n) is 2.54. The number of aromatic nitrogens is 1. The molecule has 1 aliphatic heterocycles. The van der Waals surface area contributed by atoms with E-state index in [0.29, 0.717) is 6.01 Å². The molecule has 1 aliphatic rings. The average Bonchev–Trinajstić information content (AvgIpc) is 2.84. The summed E-state index contributed by atoms with van der Waals surface area (Å²) in [5, 5.41) is 6.20. The third-order valence-corrected chi connectivity index (χ3v) is 2.54. The van der Waals surface area contributed by atoms with Crippen LogP contribution in [0.5, 0.6) is 5.75 Å². The van der Waals surface area contributed by atoms with E-state index in [9.17, 15) is 0 Å². The number of ether oxygens (including phenoxy) is 1. The summed E-state index contributed by atoms with van der Waals surface area (Å²) in [5.74, 6) is 1.60. The van der Waals surface area contributed by atoms with Crippen molar-refractivity contribution in [1.29, 1.82) is 0 Å². The fourth-order valence-electron chi connectivity index (χ4n) is 1.74. The van der Waals surface area contributed by atoms with E-state index in [2.05, 4.69) is 15.6 Å². The smallest absolute Gasteiger partial charge is 0.299 e. The van der Waals surface area contributed by atoms with Crippen LogP contribution < -0.4 is 15.4 Å². The minimum Gasteiger partial charge on any atom is -0.450 e. The molecule has 1 aromatic carbocycles. The number of nitrogens with zero attached hydrogens (tertiary/aromatic N) is 1. The average molecular weight is 231 g/mol. The second-order valence-electron chi connectivity index (χ2n) is 4.06. The molecule has 0 amide bonds. The van der Waals surface area contributed by atoms with Crippen molar-refractivity contribution < 1.29 is 9.15 Å². The van der Waals surface area contributed by atoms with Gasteiger partial charge in [-0.1, -0.05) is 6.07 Å². The fraction of sp³-hybridized carbons (Fsp3) is 0.250. The van der Waals surface area contributed by atoms with Crippen LogP contribution in [0.1, 0.15) is 11.3 Å². The molecular weight excluding hydrogens is 218 g/mol. The Morgan fingerprint density at radius 2 is 2.24 bits per heavy atom. The first kappa shape index (κ1) is 10.0. The van der Waals surface area contributed by atoms with Gasteiger partial charge in [-0.15, -0.1) is 0 Å². The molecular formula is C12H13N3O2. The highest BCUT2D eigenvalue weighted by atomic mass is 16.5. The SMILES string of the molecule is Cc1ccc2c(c1)OC(Nc1ncc(C)o1)N2. The van der Waals surface area contributed by atoms with Crippen molar-refractivity contribution in [3.63, 3.8) is 0 Å². The zero-order valence-electron chi connectivity index (χ0n) is 9.65. The van der Waals surface area contributed by atoms with Crippen LogP contribution >= 0.6 is 0 Å². The maximum atomic E-state index is 5.68. The van der Waals surface area contributed by atoms with E-state index < -0.39 is 0 Å². The summed E-state index contributed by atoms with van der Waals surface area (Å²) in [6.07, 6.45) is 1.32. The van der Waals surface area contributed by atoms with Gasteiger partial charge in [0.25, 0.3) is 12.4 Å². The van der Waals surface area contributed by atoms with E-state index in [0.717, 1.165) is 22.8 Å². The molecule has 0 bridgehead atoms. The minimum atomic E-state index is -0.343. The Hall–Kier alpha value is -2.17. The lowest BCUT2D eigenvalue weighted by molar-refractivity contribution is 0.277. The first-order valence-electron chi connectivity index (χ1n) is 5.43. The number of rotatable bonds is 2. The van der Waals surface area contributed by atoms with E-state index >= 15 is 0 Å². The maximum absolute atomic E-state index is 5.68. The van der Waals surface area contributed by atoms with Crippen molar-refractivity contribution in [2.75, 3.05) is 10.6 Å². The molecule has 0 radical (unpaired) electrons. The van der Waals surface area contributed by atoms with E-state index in [1.54, 1.807) is 6.20 Å². The van der Waals surface area contributed by atoms with Crippen LogP contribution in [0.3, 0.4) is 0 Å². The number of nitrogens with one attached hydrogen (secondary N) is 2. The first-order chi connectivity index (χ1) is 8.20. The zero-order valence-corrected chi connectivity index (χ0v) is 9.65. The van der Waals surface area contributed by atoms with Crippen molar-refractivity contribution in [3.8, 4) is 5.75 Å². The second-order valence-corrected chi connectivity index (χ2v) is 4.06. The Morgan fingerprint density at radius 3 is 3.00 bits per heavy atom. The first-order valence-corrected chi connectivity index (χ1v) is 5.43. The fourth-order valence-corrected chi connectivity index (χ4v) is 1.74. The van der Waals surface area contributed by atoms with Crippen LogP contribution in [0, 0.1) is 13.8 Å². The summed E-state index contributed by atoms with van der Waals surface area (Å²) in [4.78, 5) is 4.06. The number of aryl methyl sites for hydroxylation is 2. The van der Waals surface area contributed by atoms with Gasteiger partial charge in [0, 0.05) is 0 Å². The van der Waals surface area contributed by atoms with Gasteiger partial charge in [-0.3, -0.25) is 5.32 Å². The Morgan fingerprint density at radius 1 is 1.35 bits per heavy atom. The number of hydrogen-bond acceptors (Lipinski definition) is 5. The van der Waals surface area contributed by atoms with Crippen LogP contribution in [-0.2, 0) is 0 Å². The highest BCUT2D eigenvalue weighted by Gasteiger charge is 2.22. The van der Waals surface area contributed by atoms with Crippen LogP contribution in [0.2, 0.25) is 0 Å². The van der Waals surface area contributed by atoms with Gasteiger partial charge in [0.05, 0.1) is 11.9 Å². The molecule has 2 heterocycles. The summed E-state index contributed by atoms with van der Waals surface area (Å²) in [7, 11) is 0. The Balaban J connectivity index is 1.74. The normalized spacial score (nSPS) is 17.2. The standard InChI is InChI=1S/C12H13N3O2/c1-7-3-4-9-10(5-7)17-12(14-9)15-11-13-6-8(2)16-11/h3-6,12,14H,1-2H3,(H,13,15). The van der Waals surface area contributed by atoms with Crippen LogP contribution in [-0.4, -0.2) is 11.3 Å². The Labute approximate surface area is 98.8 Å². The van der Waals surface area contributed by atoms with Crippen LogP contribution in [0.25, 0.3) is 0 Å². The lowest BCUT2D eigenvalue weighted by Gasteiger charge is -2.10. The number of fused-ring (bicyclic) bond motifs is 1. The van der Waals surface area contributed by atoms with Gasteiger partial charge in [0.15, 0.2) is 0 Å². The summed E-state index contributed by atoms with van der Waals surface area (Å²) in [6.45, 7) is 3.88. The summed E-state index contributed by atoms with van der Waals surface area (Å²) >= 11 is 0. The van der Waals surface area contributed by atoms with E-state index in [4.69, 9.17) is 9.15 Å². The van der Waals surface area contributed by atoms with Crippen molar-refractivity contribution in [1.82, 2.24) is 4.98 Å². The highest BCUT2D eigenvalue weighted by Crippen LogP contribution is 2.32. The molecule has 0 aliphatic carbocycles. The van der Waals surface area contributed by atoms with Crippen LogP contribution in [0.15, 0.2) is 28.8 Å². The predicted molar refractivity (Wildman–Crippen MR) is 64.1 cm³/mol.